The second kappa shape index (κ2) is 2.59. The van der Waals surface area contributed by atoms with E-state index in [1.54, 1.807) is 0 Å². The van der Waals surface area contributed by atoms with Gasteiger partial charge in [-0.2, -0.15) is 9.97 Å². The molecule has 6 heteroatoms. The Morgan fingerprint density at radius 2 is 1.55 bits per heavy atom. The minimum absolute atomic E-state index is 0.0165. The summed E-state index contributed by atoms with van der Waals surface area (Å²) < 4.78 is 0. The molecule has 0 atom stereocenters. The fraction of sp³-hybridized carbons (Fsp3) is 0.200. The quantitative estimate of drug-likeness (QED) is 0.486. The maximum Gasteiger partial charge on any atom is 0.223 e. The summed E-state index contributed by atoms with van der Waals surface area (Å²) in [6.45, 7) is -0.530. The van der Waals surface area contributed by atoms with Gasteiger partial charge in [0.25, 0.3) is 0 Å². The van der Waals surface area contributed by atoms with E-state index in [0.29, 0.717) is 0 Å². The lowest BCUT2D eigenvalue weighted by molar-refractivity contribution is 0.178. The van der Waals surface area contributed by atoms with E-state index in [2.05, 4.69) is 9.97 Å². The lowest BCUT2D eigenvalue weighted by Crippen LogP contribution is -2.08. The van der Waals surface area contributed by atoms with Crippen LogP contribution in [0.5, 0.6) is 0 Å². The van der Waals surface area contributed by atoms with E-state index in [-0.39, 0.29) is 23.1 Å². The van der Waals surface area contributed by atoms with Gasteiger partial charge in [0.05, 0.1) is 5.56 Å². The number of anilines is 3. The maximum absolute atomic E-state index is 10.4. The molecule has 0 aliphatic heterocycles. The predicted molar refractivity (Wildman–Crippen MR) is 39.7 cm³/mol. The first-order valence-electron chi connectivity index (χ1n) is 2.90. The van der Waals surface area contributed by atoms with Gasteiger partial charge < -0.3 is 17.2 Å². The zero-order valence-electron chi connectivity index (χ0n) is 5.74. The molecule has 1 heterocycles. The Morgan fingerprint density at radius 3 is 1.91 bits per heavy atom. The first-order valence-corrected chi connectivity index (χ1v) is 2.90. The second-order valence-electron chi connectivity index (χ2n) is 1.98. The number of aromatic nitrogens is 2. The molecule has 11 heavy (non-hydrogen) atoms. The number of nitrogens with zero attached hydrogens (tertiary/aromatic N) is 2. The van der Waals surface area contributed by atoms with Crippen LogP contribution < -0.4 is 17.2 Å². The van der Waals surface area contributed by atoms with Crippen molar-refractivity contribution >= 4 is 17.6 Å². The third-order valence-electron chi connectivity index (χ3n) is 1.23. The Labute approximate surface area is 63.0 Å². The van der Waals surface area contributed by atoms with Crippen molar-refractivity contribution in [3.05, 3.63) is 5.56 Å². The lowest BCUT2D eigenvalue weighted by Gasteiger charge is -2.03. The van der Waals surface area contributed by atoms with Crippen LogP contribution in [0.25, 0.3) is 0 Å². The minimum atomic E-state index is -0.530. The van der Waals surface area contributed by atoms with Crippen LogP contribution in [0.4, 0.5) is 17.6 Å². The van der Waals surface area contributed by atoms with Gasteiger partial charge >= 0.3 is 0 Å². The number of hydrogen-bond donors (Lipinski definition) is 3. The second-order valence-corrected chi connectivity index (χ2v) is 1.98. The van der Waals surface area contributed by atoms with Gasteiger partial charge in [0.15, 0.2) is 0 Å². The third kappa shape index (κ3) is 1.30. The van der Waals surface area contributed by atoms with E-state index in [9.17, 15) is 5.11 Å². The Balaban J connectivity index is 3.25. The van der Waals surface area contributed by atoms with E-state index in [1.807, 2.05) is 0 Å². The molecule has 0 bridgehead atoms. The summed E-state index contributed by atoms with van der Waals surface area (Å²) in [5.74, 6) is 0.104. The first-order chi connectivity index (χ1) is 5.15. The van der Waals surface area contributed by atoms with E-state index in [0.717, 1.165) is 0 Å². The summed E-state index contributed by atoms with van der Waals surface area (Å²) >= 11 is 0. The number of hydrogen-bond acceptors (Lipinski definition) is 5. The van der Waals surface area contributed by atoms with Gasteiger partial charge in [-0.3, -0.25) is 0 Å². The molecular weight excluding hydrogens is 146 g/mol. The van der Waals surface area contributed by atoms with Gasteiger partial charge in [0, 0.05) is 0 Å². The largest absolute Gasteiger partial charge is 0.383 e. The highest BCUT2D eigenvalue weighted by molar-refractivity contribution is 5.55. The Bertz CT molecular complexity index is 251. The van der Waals surface area contributed by atoms with Crippen molar-refractivity contribution in [2.24, 2.45) is 0 Å². The monoisotopic (exact) mass is 154 g/mol. The Kier molecular flexibility index (Phi) is 1.77. The summed E-state index contributed by atoms with van der Waals surface area (Å²) in [6.07, 6.45) is 0. The highest BCUT2D eigenvalue weighted by Crippen LogP contribution is 2.15. The smallest absolute Gasteiger partial charge is 0.223 e. The van der Waals surface area contributed by atoms with E-state index in [4.69, 9.17) is 17.2 Å². The molecule has 0 spiro atoms. The molecule has 0 saturated heterocycles. The van der Waals surface area contributed by atoms with Crippen molar-refractivity contribution in [3.8, 4) is 0 Å². The molecule has 0 unspecified atom stereocenters. The number of nitrogen functional groups attached to an aromatic ring is 3. The molecule has 0 aliphatic rings. The molecule has 0 fully saturated rings. The topological polar surface area (TPSA) is 124 Å². The third-order valence-corrected chi connectivity index (χ3v) is 1.23. The first kappa shape index (κ1) is 7.55. The van der Waals surface area contributed by atoms with Crippen molar-refractivity contribution in [1.82, 2.24) is 9.97 Å². The Hall–Kier alpha value is -1.56. The summed E-state index contributed by atoms with van der Waals surface area (Å²) in [7, 11) is 0. The van der Waals surface area contributed by atoms with Crippen LogP contribution in [0.15, 0.2) is 0 Å². The highest BCUT2D eigenvalue weighted by Gasteiger charge is 2.06. The molecule has 1 aromatic rings. The molecule has 0 aliphatic carbocycles. The van der Waals surface area contributed by atoms with Crippen molar-refractivity contribution in [1.29, 1.82) is 0 Å². The van der Waals surface area contributed by atoms with Crippen LogP contribution in [-0.4, -0.2) is 9.97 Å². The van der Waals surface area contributed by atoms with Crippen LogP contribution in [0.3, 0.4) is 0 Å². The summed E-state index contributed by atoms with van der Waals surface area (Å²) in [5.41, 5.74) is 16.0. The molecule has 1 rings (SSSR count). The molecule has 0 saturated carbocycles. The van der Waals surface area contributed by atoms with Crippen LogP contribution in [0, 0.1) is 0 Å². The van der Waals surface area contributed by atoms with Crippen LogP contribution in [0.1, 0.15) is 5.56 Å². The summed E-state index contributed by atoms with van der Waals surface area (Å²) in [4.78, 5) is 7.14. The normalized spacial score (nSPS) is 9.91. The van der Waals surface area contributed by atoms with Crippen molar-refractivity contribution in [2.45, 2.75) is 6.61 Å². The van der Waals surface area contributed by atoms with E-state index in [1.165, 1.54) is 0 Å². The molecule has 6 N–H and O–H groups in total. The summed E-state index contributed by atoms with van der Waals surface area (Å²) in [5, 5.41) is 10.4. The number of nitrogens with two attached hydrogens (primary N) is 3. The fourth-order valence-electron chi connectivity index (χ4n) is 0.686. The molecule has 0 aromatic carbocycles. The van der Waals surface area contributed by atoms with Crippen LogP contribution >= 0.6 is 0 Å². The van der Waals surface area contributed by atoms with Gasteiger partial charge in [0.1, 0.15) is 18.2 Å². The summed E-state index contributed by atoms with van der Waals surface area (Å²) in [6, 6.07) is 0. The highest BCUT2D eigenvalue weighted by atomic mass is 16.3. The van der Waals surface area contributed by atoms with Gasteiger partial charge in [-0.15, -0.1) is 0 Å². The van der Waals surface area contributed by atoms with E-state index >= 15 is 0 Å². The van der Waals surface area contributed by atoms with Crippen molar-refractivity contribution in [2.75, 3.05) is 17.2 Å². The van der Waals surface area contributed by atoms with Gasteiger partial charge in [-0.1, -0.05) is 0 Å². The average Bonchev–Trinajstić information content (AvgIpc) is 1.85. The maximum atomic E-state index is 10.4. The van der Waals surface area contributed by atoms with Gasteiger partial charge in [-0.05, 0) is 0 Å². The molecule has 1 aromatic heterocycles. The molecule has 6 nitrogen and oxygen atoms in total. The van der Waals surface area contributed by atoms with Crippen molar-refractivity contribution in [3.63, 3.8) is 0 Å². The zero-order chi connectivity index (χ0) is 8.43. The van der Waals surface area contributed by atoms with Gasteiger partial charge in [-0.25, -0.2) is 5.11 Å². The molecule has 1 radical (unpaired) electrons. The van der Waals surface area contributed by atoms with Crippen molar-refractivity contribution < 1.29 is 5.11 Å². The minimum Gasteiger partial charge on any atom is -0.383 e. The SMILES string of the molecule is Nc1nc(N)c(C[O])c(N)n1. The zero-order valence-corrected chi connectivity index (χ0v) is 5.74. The van der Waals surface area contributed by atoms with Gasteiger partial charge in [0.2, 0.25) is 5.95 Å². The fourth-order valence-corrected chi connectivity index (χ4v) is 0.686. The molecule has 0 amide bonds. The lowest BCUT2D eigenvalue weighted by atomic mass is 10.3. The molecular formula is C5H8N5O. The van der Waals surface area contributed by atoms with E-state index < -0.39 is 6.61 Å². The van der Waals surface area contributed by atoms with Crippen LogP contribution in [0.2, 0.25) is 0 Å². The predicted octanol–water partition coefficient (Wildman–Crippen LogP) is -0.846. The molecule has 59 valence electrons. The standard InChI is InChI=1S/C5H8N5O/c6-3-2(1-11)4(7)10-5(8)9-3/h1H2,(H6,6,7,8,9,10). The average molecular weight is 154 g/mol. The number of rotatable bonds is 1. The van der Waals surface area contributed by atoms with Crippen LogP contribution in [-0.2, 0) is 11.7 Å². The Morgan fingerprint density at radius 1 is 1.09 bits per heavy atom.